The van der Waals surface area contributed by atoms with Gasteiger partial charge >= 0.3 is 19.5 Å². The van der Waals surface area contributed by atoms with Crippen LogP contribution in [0.15, 0.2) is 261 Å². The van der Waals surface area contributed by atoms with Crippen LogP contribution in [0, 0.1) is 0 Å². The fourth-order valence-electron chi connectivity index (χ4n) is 6.92. The van der Waals surface area contributed by atoms with E-state index in [1.807, 2.05) is 0 Å². The van der Waals surface area contributed by atoms with Gasteiger partial charge in [0.15, 0.2) is 8.59 Å². The fraction of sp³-hybridized carbons (Fsp3) is 0.0357. The number of para-hydroxylation sites is 2. The SMILES string of the molecule is ClC(Cl)Cl.ClC(Cl)Cl.[Cl-].[Cl-].[Ru+2].c1ccc(P(c2ccccc2)c2ccccc2)cc1.c1ccc(P(c2ccccc2)c2ccccc2Oc2ccccc2P(c2ccccc2)c2ccccc2)cc1. The molecule has 0 saturated heterocycles. The normalized spacial score (nSPS) is 10.2. The summed E-state index contributed by atoms with van der Waals surface area (Å²) in [5.74, 6) is 1.81. The van der Waals surface area contributed by atoms with E-state index in [0.717, 1.165) is 11.5 Å². The summed E-state index contributed by atoms with van der Waals surface area (Å²) in [7, 11) is -2.04. The molecule has 9 aromatic carbocycles. The quantitative estimate of drug-likeness (QED) is 0.0719. The van der Waals surface area contributed by atoms with Crippen molar-refractivity contribution in [3.63, 3.8) is 0 Å². The van der Waals surface area contributed by atoms with Gasteiger partial charge in [-0.3, -0.25) is 0 Å². The predicted molar refractivity (Wildman–Crippen MR) is 298 cm³/mol. The van der Waals surface area contributed by atoms with Crippen LogP contribution in [0.3, 0.4) is 0 Å². The van der Waals surface area contributed by atoms with E-state index in [1.165, 1.54) is 47.7 Å². The maximum Gasteiger partial charge on any atom is 2.00 e. The molecule has 0 unspecified atom stereocenters. The molecule has 0 fully saturated rings. The first-order valence-corrected chi connectivity index (χ1v) is 27.4. The Morgan fingerprint density at radius 2 is 0.406 bits per heavy atom. The second kappa shape index (κ2) is 33.6. The van der Waals surface area contributed by atoms with Gasteiger partial charge in [-0.15, -0.1) is 0 Å². The minimum atomic E-state index is -0.795. The summed E-state index contributed by atoms with van der Waals surface area (Å²) in [6, 6.07) is 92.5. The summed E-state index contributed by atoms with van der Waals surface area (Å²) in [5.41, 5.74) is 0. The molecular formula is C56H45Cl8OP3Ru. The van der Waals surface area contributed by atoms with E-state index in [-0.39, 0.29) is 44.3 Å². The van der Waals surface area contributed by atoms with Crippen LogP contribution in [0.5, 0.6) is 11.5 Å². The van der Waals surface area contributed by atoms with Crippen molar-refractivity contribution in [3.05, 3.63) is 261 Å². The Kier molecular flexibility index (Phi) is 29.4. The van der Waals surface area contributed by atoms with Crippen LogP contribution in [0.1, 0.15) is 0 Å². The van der Waals surface area contributed by atoms with Gasteiger partial charge in [0.25, 0.3) is 0 Å². The Morgan fingerprint density at radius 1 is 0.246 bits per heavy atom. The van der Waals surface area contributed by atoms with Crippen LogP contribution in [0.25, 0.3) is 0 Å². The van der Waals surface area contributed by atoms with E-state index in [2.05, 4.69) is 261 Å². The maximum absolute atomic E-state index is 6.92. The van der Waals surface area contributed by atoms with E-state index < -0.39 is 32.4 Å². The third-order valence-electron chi connectivity index (χ3n) is 9.53. The summed E-state index contributed by atoms with van der Waals surface area (Å²) in [6.07, 6.45) is 0. The molecule has 69 heavy (non-hydrogen) atoms. The standard InChI is InChI=1S/C36H28OP2.C18H15P.2CHCl3.2ClH.Ru/c1-5-17-29(18-6-1)38(30-19-7-2-8-20-30)35-27-15-13-25-33(35)37-34-26-14-16-28-36(34)39(31-21-9-3-10-22-31)32-23-11-4-12-24-32;1-4-10-16(11-5-1)19(17-12-6-2-7-13-17)18-14-8-3-9-15-18;2*2-1(3)4;;;/h1-28H;1-15H;2*1H;2*1H;/q;;;;;;+2/p-2. The Bertz CT molecular complexity index is 2410. The van der Waals surface area contributed by atoms with Gasteiger partial charge in [-0.25, -0.2) is 0 Å². The number of benzene rings is 9. The van der Waals surface area contributed by atoms with Crippen molar-refractivity contribution in [1.82, 2.24) is 0 Å². The van der Waals surface area contributed by atoms with Crippen molar-refractivity contribution >= 4 is 141 Å². The van der Waals surface area contributed by atoms with E-state index in [4.69, 9.17) is 74.3 Å². The minimum absolute atomic E-state index is 0. The van der Waals surface area contributed by atoms with E-state index >= 15 is 0 Å². The smallest absolute Gasteiger partial charge is 1.00 e. The summed E-state index contributed by atoms with van der Waals surface area (Å²) >= 11 is 28.8. The molecule has 0 radical (unpaired) electrons. The summed E-state index contributed by atoms with van der Waals surface area (Å²) in [6.45, 7) is 0. The van der Waals surface area contributed by atoms with Gasteiger partial charge in [-0.05, 0) is 73.0 Å². The maximum atomic E-state index is 6.92. The molecule has 1 nitrogen and oxygen atoms in total. The summed E-state index contributed by atoms with van der Waals surface area (Å²) in [4.78, 5) is 0. The second-order valence-corrected chi connectivity index (χ2v) is 24.4. The molecule has 0 saturated carbocycles. The summed E-state index contributed by atoms with van der Waals surface area (Å²) < 4.78 is 5.42. The van der Waals surface area contributed by atoms with Crippen molar-refractivity contribution in [3.8, 4) is 11.5 Å². The number of halogens is 8. The Labute approximate surface area is 466 Å². The molecule has 13 heteroatoms. The first-order valence-electron chi connectivity index (χ1n) is 20.8. The van der Waals surface area contributed by atoms with E-state index in [0.29, 0.717) is 0 Å². The van der Waals surface area contributed by atoms with Crippen LogP contribution < -0.4 is 77.3 Å². The molecule has 9 aromatic rings. The molecule has 0 aliphatic rings. The predicted octanol–water partition coefficient (Wildman–Crippen LogP) is 8.42. The molecule has 0 spiro atoms. The molecule has 0 aromatic heterocycles. The topological polar surface area (TPSA) is 9.23 Å². The zero-order valence-electron chi connectivity index (χ0n) is 36.6. The number of rotatable bonds is 11. The Hall–Kier alpha value is -2.99. The average Bonchev–Trinajstić information content (AvgIpc) is 3.35. The molecule has 0 aliphatic carbocycles. The largest absolute Gasteiger partial charge is 2.00 e. The van der Waals surface area contributed by atoms with Gasteiger partial charge in [0.05, 0.1) is 0 Å². The van der Waals surface area contributed by atoms with Crippen molar-refractivity contribution in [2.75, 3.05) is 0 Å². The number of hydrogen-bond donors (Lipinski definition) is 0. The van der Waals surface area contributed by atoms with Crippen molar-refractivity contribution < 1.29 is 49.0 Å². The number of alkyl halides is 6. The van der Waals surface area contributed by atoms with Gasteiger partial charge < -0.3 is 29.6 Å². The molecule has 0 bridgehead atoms. The van der Waals surface area contributed by atoms with Crippen molar-refractivity contribution in [2.24, 2.45) is 0 Å². The Balaban J connectivity index is 0.000000351. The molecule has 9 rings (SSSR count). The average molecular weight is 1210 g/mol. The minimum Gasteiger partial charge on any atom is -1.00 e. The van der Waals surface area contributed by atoms with Crippen molar-refractivity contribution in [1.29, 1.82) is 0 Å². The zero-order chi connectivity index (χ0) is 46.4. The van der Waals surface area contributed by atoms with Crippen LogP contribution in [0.2, 0.25) is 0 Å². The van der Waals surface area contributed by atoms with Crippen LogP contribution in [0.4, 0.5) is 0 Å². The fourth-order valence-corrected chi connectivity index (χ4v) is 14.0. The third kappa shape index (κ3) is 19.5. The summed E-state index contributed by atoms with van der Waals surface area (Å²) in [5, 5.41) is 11.8. The van der Waals surface area contributed by atoms with E-state index in [1.54, 1.807) is 0 Å². The number of hydrogen-bond acceptors (Lipinski definition) is 1. The van der Waals surface area contributed by atoms with E-state index in [9.17, 15) is 0 Å². The van der Waals surface area contributed by atoms with Gasteiger partial charge in [0, 0.05) is 10.6 Å². The Morgan fingerprint density at radius 3 is 0.609 bits per heavy atom. The monoisotopic (exact) mass is 1210 g/mol. The molecule has 354 valence electrons. The van der Waals surface area contributed by atoms with Crippen LogP contribution >= 0.6 is 93.4 Å². The third-order valence-corrected chi connectivity index (χ3v) is 16.9. The zero-order valence-corrected chi connectivity index (χ0v) is 47.1. The molecule has 0 aliphatic heterocycles. The van der Waals surface area contributed by atoms with Crippen molar-refractivity contribution in [2.45, 2.75) is 8.59 Å². The van der Waals surface area contributed by atoms with Gasteiger partial charge in [0.1, 0.15) is 11.5 Å². The van der Waals surface area contributed by atoms with Crippen LogP contribution in [-0.2, 0) is 19.5 Å². The first-order chi connectivity index (χ1) is 32.3. The second-order valence-electron chi connectivity index (χ2n) is 13.9. The van der Waals surface area contributed by atoms with Gasteiger partial charge in [0.2, 0.25) is 0 Å². The van der Waals surface area contributed by atoms with Gasteiger partial charge in [-0.2, -0.15) is 0 Å². The molecule has 0 amide bonds. The first kappa shape index (κ1) is 60.3. The molecule has 0 N–H and O–H groups in total. The molecular weight excluding hydrogens is 1170 g/mol. The molecule has 0 atom stereocenters. The number of ether oxygens (including phenoxy) is 1. The molecule has 0 heterocycles. The van der Waals surface area contributed by atoms with Gasteiger partial charge in [-0.1, -0.05) is 318 Å². The van der Waals surface area contributed by atoms with Crippen LogP contribution in [-0.4, -0.2) is 8.59 Å².